The van der Waals surface area contributed by atoms with Crippen molar-refractivity contribution in [2.75, 3.05) is 0 Å². The summed E-state index contributed by atoms with van der Waals surface area (Å²) in [5.74, 6) is -1.12. The molecule has 0 aliphatic heterocycles. The van der Waals surface area contributed by atoms with Gasteiger partial charge < -0.3 is 10.2 Å². The van der Waals surface area contributed by atoms with Crippen LogP contribution in [-0.2, 0) is 0 Å². The lowest BCUT2D eigenvalue weighted by Gasteiger charge is -2.28. The van der Waals surface area contributed by atoms with Crippen LogP contribution in [0.5, 0.6) is 0 Å². The summed E-state index contributed by atoms with van der Waals surface area (Å²) in [5, 5.41) is 20.1. The second-order valence-electron chi connectivity index (χ2n) is 10.1. The lowest BCUT2D eigenvalue weighted by molar-refractivity contribution is 0.0686. The molecule has 0 aromatic heterocycles. The summed E-state index contributed by atoms with van der Waals surface area (Å²) in [4.78, 5) is 24.5. The fraction of sp³-hybridized carbons (Fsp3) is 0.355. The van der Waals surface area contributed by atoms with Gasteiger partial charge in [-0.15, -0.1) is 0 Å². The van der Waals surface area contributed by atoms with Crippen molar-refractivity contribution >= 4 is 11.9 Å². The minimum Gasteiger partial charge on any atom is -0.478 e. The maximum Gasteiger partial charge on any atom is 0.336 e. The molecule has 3 aromatic carbocycles. The number of carboxylic acids is 2. The SMILES string of the molecule is O=C(O)c1ccccc1-c1cc(C2CCCCC2)cc(C2CCCC2)c1-c1ccccc1C(=O)O. The fourth-order valence-electron chi connectivity index (χ4n) is 6.22. The Balaban J connectivity index is 1.85. The Kier molecular flexibility index (Phi) is 6.72. The van der Waals surface area contributed by atoms with E-state index in [1.54, 1.807) is 24.3 Å². The molecule has 2 aliphatic carbocycles. The maximum absolute atomic E-state index is 12.3. The highest BCUT2D eigenvalue weighted by atomic mass is 16.4. The molecule has 4 nitrogen and oxygen atoms in total. The molecule has 0 heterocycles. The van der Waals surface area contributed by atoms with Gasteiger partial charge in [-0.2, -0.15) is 0 Å². The first kappa shape index (κ1) is 23.3. The maximum atomic E-state index is 12.3. The fourth-order valence-corrected chi connectivity index (χ4v) is 6.22. The van der Waals surface area contributed by atoms with Crippen molar-refractivity contribution in [3.8, 4) is 22.3 Å². The number of carbonyl (C=O) groups is 2. The van der Waals surface area contributed by atoms with Gasteiger partial charge in [-0.05, 0) is 83.0 Å². The van der Waals surface area contributed by atoms with Crippen molar-refractivity contribution < 1.29 is 19.8 Å². The monoisotopic (exact) mass is 468 g/mol. The van der Waals surface area contributed by atoms with E-state index in [0.717, 1.165) is 36.8 Å². The molecule has 0 atom stereocenters. The number of aromatic carboxylic acids is 2. The van der Waals surface area contributed by atoms with E-state index in [9.17, 15) is 19.8 Å². The van der Waals surface area contributed by atoms with Crippen LogP contribution in [0.3, 0.4) is 0 Å². The Morgan fingerprint density at radius 2 is 1.11 bits per heavy atom. The van der Waals surface area contributed by atoms with Gasteiger partial charge in [0.1, 0.15) is 0 Å². The van der Waals surface area contributed by atoms with Crippen LogP contribution in [0.25, 0.3) is 22.3 Å². The van der Waals surface area contributed by atoms with Gasteiger partial charge in [0.25, 0.3) is 0 Å². The smallest absolute Gasteiger partial charge is 0.336 e. The van der Waals surface area contributed by atoms with Crippen LogP contribution in [0.15, 0.2) is 60.7 Å². The van der Waals surface area contributed by atoms with Crippen molar-refractivity contribution in [1.82, 2.24) is 0 Å². The molecule has 2 fully saturated rings. The van der Waals surface area contributed by atoms with E-state index in [-0.39, 0.29) is 11.1 Å². The standard InChI is InChI=1S/C31H32O4/c32-30(33)25-16-8-6-14-23(25)28-19-22(20-10-2-1-3-11-20)18-27(21-12-4-5-13-21)29(28)24-15-7-9-17-26(24)31(34)35/h6-9,14-21H,1-5,10-13H2,(H,32,33)(H,34,35). The van der Waals surface area contributed by atoms with E-state index in [1.807, 2.05) is 24.3 Å². The molecule has 0 spiro atoms. The zero-order valence-electron chi connectivity index (χ0n) is 20.0. The van der Waals surface area contributed by atoms with Crippen molar-refractivity contribution in [3.05, 3.63) is 82.9 Å². The predicted octanol–water partition coefficient (Wildman–Crippen LogP) is 8.12. The molecule has 0 bridgehead atoms. The van der Waals surface area contributed by atoms with Crippen LogP contribution >= 0.6 is 0 Å². The van der Waals surface area contributed by atoms with Crippen LogP contribution in [-0.4, -0.2) is 22.2 Å². The van der Waals surface area contributed by atoms with Gasteiger partial charge in [-0.1, -0.05) is 80.6 Å². The van der Waals surface area contributed by atoms with E-state index in [0.29, 0.717) is 23.0 Å². The number of carboxylic acid groups (broad SMARTS) is 2. The molecule has 2 N–H and O–H groups in total. The van der Waals surface area contributed by atoms with Crippen LogP contribution < -0.4 is 0 Å². The van der Waals surface area contributed by atoms with E-state index >= 15 is 0 Å². The molecular formula is C31H32O4. The highest BCUT2D eigenvalue weighted by Gasteiger charge is 2.29. The van der Waals surface area contributed by atoms with Gasteiger partial charge in [0.15, 0.2) is 0 Å². The molecule has 0 unspecified atom stereocenters. The Morgan fingerprint density at radius 3 is 1.74 bits per heavy atom. The lowest BCUT2D eigenvalue weighted by atomic mass is 9.76. The number of benzene rings is 3. The predicted molar refractivity (Wildman–Crippen MR) is 138 cm³/mol. The summed E-state index contributed by atoms with van der Waals surface area (Å²) in [5.41, 5.74) is 6.04. The lowest BCUT2D eigenvalue weighted by Crippen LogP contribution is -2.10. The van der Waals surface area contributed by atoms with Crippen molar-refractivity contribution in [3.63, 3.8) is 0 Å². The second-order valence-corrected chi connectivity index (χ2v) is 10.1. The summed E-state index contributed by atoms with van der Waals surface area (Å²) in [6.07, 6.45) is 10.5. The van der Waals surface area contributed by atoms with Crippen molar-refractivity contribution in [2.45, 2.75) is 69.6 Å². The number of rotatable bonds is 6. The second kappa shape index (κ2) is 10.1. The third-order valence-electron chi connectivity index (χ3n) is 7.94. The third kappa shape index (κ3) is 4.62. The van der Waals surface area contributed by atoms with E-state index in [2.05, 4.69) is 12.1 Å². The van der Waals surface area contributed by atoms with Crippen LogP contribution in [0.2, 0.25) is 0 Å². The minimum absolute atomic E-state index is 0.250. The van der Waals surface area contributed by atoms with Crippen molar-refractivity contribution in [1.29, 1.82) is 0 Å². The molecule has 0 amide bonds. The first-order valence-electron chi connectivity index (χ1n) is 12.9. The summed E-state index contributed by atoms with van der Waals surface area (Å²) in [6.45, 7) is 0. The molecule has 2 saturated carbocycles. The highest BCUT2D eigenvalue weighted by molar-refractivity contribution is 6.03. The molecule has 2 aliphatic rings. The molecule has 180 valence electrons. The average Bonchev–Trinajstić information content (AvgIpc) is 3.43. The molecule has 4 heteroatoms. The first-order chi connectivity index (χ1) is 17.0. The first-order valence-corrected chi connectivity index (χ1v) is 12.9. The molecule has 5 rings (SSSR count). The van der Waals surface area contributed by atoms with E-state index in [1.165, 1.54) is 43.2 Å². The zero-order valence-corrected chi connectivity index (χ0v) is 20.0. The molecule has 0 radical (unpaired) electrons. The Labute approximate surface area is 206 Å². The average molecular weight is 469 g/mol. The Bertz CT molecular complexity index is 1250. The van der Waals surface area contributed by atoms with Crippen LogP contribution in [0, 0.1) is 0 Å². The molecule has 35 heavy (non-hydrogen) atoms. The van der Waals surface area contributed by atoms with Gasteiger partial charge in [0.05, 0.1) is 11.1 Å². The van der Waals surface area contributed by atoms with E-state index in [4.69, 9.17) is 0 Å². The molecular weight excluding hydrogens is 436 g/mol. The van der Waals surface area contributed by atoms with Gasteiger partial charge >= 0.3 is 11.9 Å². The highest BCUT2D eigenvalue weighted by Crippen LogP contribution is 2.48. The van der Waals surface area contributed by atoms with Gasteiger partial charge in [0, 0.05) is 0 Å². The number of hydrogen-bond donors (Lipinski definition) is 2. The van der Waals surface area contributed by atoms with E-state index < -0.39 is 11.9 Å². The Morgan fingerprint density at radius 1 is 0.600 bits per heavy atom. The molecule has 3 aromatic rings. The minimum atomic E-state index is -0.969. The summed E-state index contributed by atoms with van der Waals surface area (Å²) in [6, 6.07) is 18.8. The Hall–Kier alpha value is -3.40. The quantitative estimate of drug-likeness (QED) is 0.383. The summed E-state index contributed by atoms with van der Waals surface area (Å²) < 4.78 is 0. The van der Waals surface area contributed by atoms with Crippen LogP contribution in [0.1, 0.15) is 101 Å². The largest absolute Gasteiger partial charge is 0.478 e. The van der Waals surface area contributed by atoms with Gasteiger partial charge in [-0.3, -0.25) is 0 Å². The topological polar surface area (TPSA) is 74.6 Å². The van der Waals surface area contributed by atoms with Crippen LogP contribution in [0.4, 0.5) is 0 Å². The third-order valence-corrected chi connectivity index (χ3v) is 7.94. The van der Waals surface area contributed by atoms with Gasteiger partial charge in [0.2, 0.25) is 0 Å². The molecule has 0 saturated heterocycles. The zero-order chi connectivity index (χ0) is 24.4. The number of hydrogen-bond acceptors (Lipinski definition) is 2. The van der Waals surface area contributed by atoms with Crippen molar-refractivity contribution in [2.24, 2.45) is 0 Å². The summed E-state index contributed by atoms with van der Waals surface area (Å²) in [7, 11) is 0. The normalized spacial score (nSPS) is 16.9. The van der Waals surface area contributed by atoms with Gasteiger partial charge in [-0.25, -0.2) is 9.59 Å². The summed E-state index contributed by atoms with van der Waals surface area (Å²) >= 11 is 0.